The van der Waals surface area contributed by atoms with Crippen LogP contribution in [0.2, 0.25) is 0 Å². The summed E-state index contributed by atoms with van der Waals surface area (Å²) in [5, 5.41) is 16.7. The van der Waals surface area contributed by atoms with E-state index in [1.807, 2.05) is 73.6 Å². The Kier molecular flexibility index (Phi) is 6.08. The Hall–Kier alpha value is -2.23. The molecule has 1 fully saturated rings. The predicted octanol–water partition coefficient (Wildman–Crippen LogP) is 2.65. The minimum absolute atomic E-state index is 0.0869. The van der Waals surface area contributed by atoms with Gasteiger partial charge in [-0.3, -0.25) is 4.79 Å². The predicted molar refractivity (Wildman–Crippen MR) is 117 cm³/mol. The quantitative estimate of drug-likeness (QED) is 0.704. The van der Waals surface area contributed by atoms with Gasteiger partial charge in [-0.25, -0.2) is 0 Å². The summed E-state index contributed by atoms with van der Waals surface area (Å²) in [5.74, 6) is -0.0845. The highest BCUT2D eigenvalue weighted by atomic mass is 16.7. The van der Waals surface area contributed by atoms with Crippen LogP contribution in [0, 0.1) is 0 Å². The third kappa shape index (κ3) is 4.68. The van der Waals surface area contributed by atoms with Crippen molar-refractivity contribution in [3.63, 3.8) is 0 Å². The maximum absolute atomic E-state index is 12.6. The molecule has 0 spiro atoms. The number of aliphatic hydroxyl groups is 1. The molecule has 1 aliphatic heterocycles. The van der Waals surface area contributed by atoms with Gasteiger partial charge in [-0.1, -0.05) is 44.1 Å². The second-order valence-electron chi connectivity index (χ2n) is 10.1. The number of nitrogens with zero attached hydrogens (tertiary/aromatic N) is 2. The molecular formula is C22H32BN3O5. The van der Waals surface area contributed by atoms with E-state index in [0.717, 1.165) is 11.0 Å². The van der Waals surface area contributed by atoms with E-state index < -0.39 is 24.2 Å². The van der Waals surface area contributed by atoms with Crippen molar-refractivity contribution in [3.05, 3.63) is 41.0 Å². The molecule has 168 valence electrons. The average molecular weight is 429 g/mol. The van der Waals surface area contributed by atoms with Crippen LogP contribution in [0.1, 0.15) is 89.1 Å². The zero-order valence-electron chi connectivity index (χ0n) is 19.6. The normalized spacial score (nSPS) is 18.8. The summed E-state index contributed by atoms with van der Waals surface area (Å²) in [6.07, 6.45) is 0. The van der Waals surface area contributed by atoms with Crippen LogP contribution >= 0.6 is 0 Å². The SMILES string of the molecule is C[C@@H](NC(=O)c1nc(C(C)(C)C)no1)c1ccc(B2OC(C)(C)C(C)(C)O2)cc1CO. The van der Waals surface area contributed by atoms with Crippen molar-refractivity contribution in [2.45, 2.75) is 84.7 Å². The van der Waals surface area contributed by atoms with E-state index in [4.69, 9.17) is 13.8 Å². The fourth-order valence-corrected chi connectivity index (χ4v) is 3.27. The van der Waals surface area contributed by atoms with Crippen LogP contribution < -0.4 is 10.8 Å². The van der Waals surface area contributed by atoms with Crippen LogP contribution in [0.3, 0.4) is 0 Å². The number of carbonyl (C=O) groups is 1. The highest BCUT2D eigenvalue weighted by Gasteiger charge is 2.51. The first kappa shape index (κ1) is 23.4. The second kappa shape index (κ2) is 8.04. The molecule has 8 nitrogen and oxygen atoms in total. The highest BCUT2D eigenvalue weighted by molar-refractivity contribution is 6.62. The zero-order valence-corrected chi connectivity index (χ0v) is 19.6. The van der Waals surface area contributed by atoms with Crippen molar-refractivity contribution < 1.29 is 23.7 Å². The fraction of sp³-hybridized carbons (Fsp3) is 0.591. The van der Waals surface area contributed by atoms with E-state index >= 15 is 0 Å². The molecule has 0 saturated carbocycles. The van der Waals surface area contributed by atoms with Crippen molar-refractivity contribution in [1.82, 2.24) is 15.5 Å². The van der Waals surface area contributed by atoms with Crippen molar-refractivity contribution in [1.29, 1.82) is 0 Å². The van der Waals surface area contributed by atoms with E-state index in [-0.39, 0.29) is 24.0 Å². The summed E-state index contributed by atoms with van der Waals surface area (Å²) in [5.41, 5.74) is 1.06. The van der Waals surface area contributed by atoms with E-state index in [9.17, 15) is 9.90 Å². The van der Waals surface area contributed by atoms with E-state index in [0.29, 0.717) is 11.4 Å². The van der Waals surface area contributed by atoms with Crippen molar-refractivity contribution in [2.75, 3.05) is 0 Å². The minimum Gasteiger partial charge on any atom is -0.399 e. The van der Waals surface area contributed by atoms with E-state index in [1.165, 1.54) is 0 Å². The third-order valence-corrected chi connectivity index (χ3v) is 5.97. The fourth-order valence-electron chi connectivity index (χ4n) is 3.27. The van der Waals surface area contributed by atoms with E-state index in [1.54, 1.807) is 0 Å². The monoisotopic (exact) mass is 429 g/mol. The third-order valence-electron chi connectivity index (χ3n) is 5.97. The van der Waals surface area contributed by atoms with Gasteiger partial charge in [-0.2, -0.15) is 4.98 Å². The molecule has 2 aromatic rings. The number of benzene rings is 1. The molecule has 1 aliphatic rings. The number of nitrogens with one attached hydrogen (secondary N) is 1. The molecule has 1 aromatic heterocycles. The number of hydrogen-bond donors (Lipinski definition) is 2. The molecule has 1 aromatic carbocycles. The first-order chi connectivity index (χ1) is 14.2. The summed E-state index contributed by atoms with van der Waals surface area (Å²) < 4.78 is 17.3. The van der Waals surface area contributed by atoms with Crippen LogP contribution in [-0.4, -0.2) is 39.5 Å². The standard InChI is InChI=1S/C22H32BN3O5/c1-13(24-17(28)18-25-19(26-29-18)20(2,3)4)16-10-9-15(11-14(16)12-27)23-30-21(5,6)22(7,8)31-23/h9-11,13,27H,12H2,1-8H3,(H,24,28)/t13-/m1/s1. The smallest absolute Gasteiger partial charge is 0.399 e. The number of amides is 1. The van der Waals surface area contributed by atoms with Gasteiger partial charge in [-0.15, -0.1) is 0 Å². The number of aliphatic hydroxyl groups excluding tert-OH is 1. The average Bonchev–Trinajstić information content (AvgIpc) is 3.24. The highest BCUT2D eigenvalue weighted by Crippen LogP contribution is 2.36. The number of carbonyl (C=O) groups excluding carboxylic acids is 1. The zero-order chi connectivity index (χ0) is 23.2. The lowest BCUT2D eigenvalue weighted by molar-refractivity contribution is 0.00578. The molecule has 31 heavy (non-hydrogen) atoms. The Labute approximate surface area is 183 Å². The van der Waals surface area contributed by atoms with Crippen LogP contribution in [0.5, 0.6) is 0 Å². The molecule has 0 bridgehead atoms. The van der Waals surface area contributed by atoms with E-state index in [2.05, 4.69) is 15.5 Å². The molecule has 0 radical (unpaired) electrons. The number of hydrogen-bond acceptors (Lipinski definition) is 7. The Balaban J connectivity index is 1.77. The first-order valence-corrected chi connectivity index (χ1v) is 10.5. The molecule has 1 atom stereocenters. The lowest BCUT2D eigenvalue weighted by Gasteiger charge is -2.32. The lowest BCUT2D eigenvalue weighted by atomic mass is 9.77. The van der Waals surface area contributed by atoms with Crippen LogP contribution in [0.15, 0.2) is 22.7 Å². The van der Waals surface area contributed by atoms with Crippen LogP contribution in [0.4, 0.5) is 0 Å². The van der Waals surface area contributed by atoms with Gasteiger partial charge in [0.2, 0.25) is 0 Å². The first-order valence-electron chi connectivity index (χ1n) is 10.5. The van der Waals surface area contributed by atoms with Gasteiger partial charge in [0, 0.05) is 5.41 Å². The molecule has 2 heterocycles. The lowest BCUT2D eigenvalue weighted by Crippen LogP contribution is -2.41. The molecule has 3 rings (SSSR count). The number of aromatic nitrogens is 2. The van der Waals surface area contributed by atoms with Crippen molar-refractivity contribution in [3.8, 4) is 0 Å². The molecule has 1 amide bonds. The van der Waals surface area contributed by atoms with Gasteiger partial charge in [0.25, 0.3) is 0 Å². The molecule has 0 unspecified atom stereocenters. The summed E-state index contributed by atoms with van der Waals surface area (Å²) in [6, 6.07) is 5.23. The molecule has 0 aliphatic carbocycles. The molecule has 2 N–H and O–H groups in total. The van der Waals surface area contributed by atoms with Crippen molar-refractivity contribution >= 4 is 18.5 Å². The van der Waals surface area contributed by atoms with Gasteiger partial charge < -0.3 is 24.3 Å². The Morgan fingerprint density at radius 1 is 1.19 bits per heavy atom. The van der Waals surface area contributed by atoms with Gasteiger partial charge in [-0.05, 0) is 51.2 Å². The van der Waals surface area contributed by atoms with Crippen molar-refractivity contribution in [2.24, 2.45) is 0 Å². The van der Waals surface area contributed by atoms with Gasteiger partial charge in [0.1, 0.15) is 0 Å². The Morgan fingerprint density at radius 3 is 2.32 bits per heavy atom. The van der Waals surface area contributed by atoms with Gasteiger partial charge in [0.15, 0.2) is 5.82 Å². The molecular weight excluding hydrogens is 397 g/mol. The Bertz CT molecular complexity index is 948. The summed E-state index contributed by atoms with van der Waals surface area (Å²) >= 11 is 0. The van der Waals surface area contributed by atoms with Gasteiger partial charge in [0.05, 0.1) is 23.9 Å². The Morgan fingerprint density at radius 2 is 1.81 bits per heavy atom. The second-order valence-corrected chi connectivity index (χ2v) is 10.1. The van der Waals surface area contributed by atoms with Crippen LogP contribution in [-0.2, 0) is 21.3 Å². The summed E-state index contributed by atoms with van der Waals surface area (Å²) in [4.78, 5) is 16.8. The molecule has 9 heteroatoms. The summed E-state index contributed by atoms with van der Waals surface area (Å²) in [7, 11) is -0.525. The topological polar surface area (TPSA) is 107 Å². The minimum atomic E-state index is -0.525. The maximum Gasteiger partial charge on any atom is 0.494 e. The largest absolute Gasteiger partial charge is 0.494 e. The number of rotatable bonds is 5. The maximum atomic E-state index is 12.6. The van der Waals surface area contributed by atoms with Crippen LogP contribution in [0.25, 0.3) is 0 Å². The molecule has 1 saturated heterocycles. The summed E-state index contributed by atoms with van der Waals surface area (Å²) in [6.45, 7) is 15.5. The van der Waals surface area contributed by atoms with Gasteiger partial charge >= 0.3 is 18.9 Å².